The van der Waals surface area contributed by atoms with Gasteiger partial charge in [-0.05, 0) is 45.7 Å². The van der Waals surface area contributed by atoms with E-state index in [1.807, 2.05) is 6.20 Å². The summed E-state index contributed by atoms with van der Waals surface area (Å²) in [6.07, 6.45) is 5.29. The van der Waals surface area contributed by atoms with Crippen molar-refractivity contribution < 1.29 is 9.90 Å². The Morgan fingerprint density at radius 2 is 2.00 bits per heavy atom. The number of carboxylic acid groups (broad SMARTS) is 1. The lowest BCUT2D eigenvalue weighted by Crippen LogP contribution is -2.56. The summed E-state index contributed by atoms with van der Waals surface area (Å²) < 4.78 is 2.11. The van der Waals surface area contributed by atoms with E-state index in [0.29, 0.717) is 12.0 Å². The average Bonchev–Trinajstić information content (AvgIpc) is 3.01. The number of likely N-dealkylation sites (N-methyl/N-ethyl adjacent to an activating group) is 1. The van der Waals surface area contributed by atoms with Gasteiger partial charge in [-0.15, -0.1) is 0 Å². The van der Waals surface area contributed by atoms with Crippen LogP contribution in [-0.2, 0) is 17.9 Å². The van der Waals surface area contributed by atoms with Crippen LogP contribution in [0.15, 0.2) is 6.20 Å². The Balaban J connectivity index is 1.63. The number of carbonyl (C=O) groups is 1. The molecule has 7 heteroatoms. The fourth-order valence-electron chi connectivity index (χ4n) is 4.78. The average molecular weight is 392 g/mol. The van der Waals surface area contributed by atoms with E-state index in [-0.39, 0.29) is 6.42 Å². The third-order valence-corrected chi connectivity index (χ3v) is 6.55. The molecule has 1 N–H and O–H groups in total. The zero-order valence-electron chi connectivity index (χ0n) is 17.8. The van der Waals surface area contributed by atoms with Crippen molar-refractivity contribution in [3.05, 3.63) is 17.5 Å². The van der Waals surface area contributed by atoms with Crippen molar-refractivity contribution in [3.8, 4) is 0 Å². The molecule has 1 aromatic heterocycles. The first kappa shape index (κ1) is 21.3. The highest BCUT2D eigenvalue weighted by Gasteiger charge is 2.34. The van der Waals surface area contributed by atoms with Crippen LogP contribution in [0.3, 0.4) is 0 Å². The highest BCUT2D eigenvalue weighted by atomic mass is 16.4. The van der Waals surface area contributed by atoms with Crippen LogP contribution in [0.5, 0.6) is 0 Å². The summed E-state index contributed by atoms with van der Waals surface area (Å²) in [5.41, 5.74) is 2.58. The first-order chi connectivity index (χ1) is 13.5. The van der Waals surface area contributed by atoms with Crippen molar-refractivity contribution >= 4 is 5.97 Å². The number of piperazine rings is 1. The lowest BCUT2D eigenvalue weighted by molar-refractivity contribution is -0.137. The van der Waals surface area contributed by atoms with E-state index in [1.54, 1.807) is 0 Å². The number of aryl methyl sites for hydroxylation is 1. The Morgan fingerprint density at radius 1 is 1.25 bits per heavy atom. The summed E-state index contributed by atoms with van der Waals surface area (Å²) in [6.45, 7) is 12.7. The standard InChI is InChI=1S/C21H37N5O2/c1-4-8-26-17(2)19(14-22-26)16-24-9-7-20(18(15-24)5-6-21(27)28)25-12-10-23(3)11-13-25/h14,18,20H,4-13,15-16H2,1-3H3,(H,27,28)/t18-,20+/m0/s1. The third kappa shape index (κ3) is 5.33. The van der Waals surface area contributed by atoms with Gasteiger partial charge >= 0.3 is 5.97 Å². The van der Waals surface area contributed by atoms with Gasteiger partial charge in [0, 0.05) is 69.5 Å². The molecule has 2 atom stereocenters. The van der Waals surface area contributed by atoms with Crippen LogP contribution in [0.2, 0.25) is 0 Å². The van der Waals surface area contributed by atoms with Crippen LogP contribution < -0.4 is 0 Å². The Morgan fingerprint density at radius 3 is 2.68 bits per heavy atom. The monoisotopic (exact) mass is 391 g/mol. The Labute approximate surface area is 169 Å². The largest absolute Gasteiger partial charge is 0.481 e. The minimum Gasteiger partial charge on any atom is -0.481 e. The van der Waals surface area contributed by atoms with Crippen LogP contribution in [0.4, 0.5) is 0 Å². The van der Waals surface area contributed by atoms with Gasteiger partial charge in [-0.1, -0.05) is 6.92 Å². The summed E-state index contributed by atoms with van der Waals surface area (Å²) in [6, 6.07) is 0.521. The molecule has 3 rings (SSSR count). The molecule has 2 aliphatic heterocycles. The van der Waals surface area contributed by atoms with Gasteiger partial charge in [-0.3, -0.25) is 19.3 Å². The fraction of sp³-hybridized carbons (Fsp3) is 0.810. The molecule has 2 aliphatic rings. The summed E-state index contributed by atoms with van der Waals surface area (Å²) in [5.74, 6) is -0.245. The zero-order chi connectivity index (χ0) is 20.1. The molecule has 0 radical (unpaired) electrons. The second kappa shape index (κ2) is 9.85. The molecule has 0 spiro atoms. The van der Waals surface area contributed by atoms with Gasteiger partial charge in [0.15, 0.2) is 0 Å². The molecule has 2 saturated heterocycles. The Hall–Kier alpha value is -1.44. The maximum absolute atomic E-state index is 11.2. The molecule has 158 valence electrons. The van der Waals surface area contributed by atoms with E-state index in [0.717, 1.165) is 71.6 Å². The second-order valence-electron chi connectivity index (χ2n) is 8.60. The van der Waals surface area contributed by atoms with Gasteiger partial charge in [0.05, 0.1) is 6.20 Å². The number of nitrogens with zero attached hydrogens (tertiary/aromatic N) is 5. The van der Waals surface area contributed by atoms with Crippen molar-refractivity contribution in [3.63, 3.8) is 0 Å². The van der Waals surface area contributed by atoms with E-state index in [4.69, 9.17) is 0 Å². The lowest BCUT2D eigenvalue weighted by Gasteiger charge is -2.46. The zero-order valence-corrected chi connectivity index (χ0v) is 17.8. The number of aromatic nitrogens is 2. The van der Waals surface area contributed by atoms with Crippen LogP contribution in [0.1, 0.15) is 43.9 Å². The van der Waals surface area contributed by atoms with Crippen molar-refractivity contribution in [2.24, 2.45) is 5.92 Å². The molecule has 0 aromatic carbocycles. The van der Waals surface area contributed by atoms with Crippen molar-refractivity contribution in [2.45, 2.75) is 58.7 Å². The fourth-order valence-corrected chi connectivity index (χ4v) is 4.78. The Kier molecular flexibility index (Phi) is 7.48. The molecule has 0 saturated carbocycles. The second-order valence-corrected chi connectivity index (χ2v) is 8.60. The molecule has 2 fully saturated rings. The molecule has 3 heterocycles. The molecular weight excluding hydrogens is 354 g/mol. The van der Waals surface area contributed by atoms with E-state index < -0.39 is 5.97 Å². The normalized spacial score (nSPS) is 25.2. The number of aliphatic carboxylic acids is 1. The third-order valence-electron chi connectivity index (χ3n) is 6.55. The van der Waals surface area contributed by atoms with E-state index >= 15 is 0 Å². The van der Waals surface area contributed by atoms with Gasteiger partial charge in [0.1, 0.15) is 0 Å². The number of hydrogen-bond donors (Lipinski definition) is 1. The van der Waals surface area contributed by atoms with Crippen LogP contribution >= 0.6 is 0 Å². The van der Waals surface area contributed by atoms with Crippen LogP contribution in [0, 0.1) is 12.8 Å². The minimum atomic E-state index is -0.675. The maximum atomic E-state index is 11.2. The number of likely N-dealkylation sites (tertiary alicyclic amines) is 1. The number of hydrogen-bond acceptors (Lipinski definition) is 5. The first-order valence-corrected chi connectivity index (χ1v) is 10.9. The molecule has 0 amide bonds. The SMILES string of the molecule is CCCn1ncc(CN2CC[C@@H](N3CCN(C)CC3)[C@@H](CCC(=O)O)C2)c1C. The molecule has 0 unspecified atom stereocenters. The van der Waals surface area contributed by atoms with Crippen LogP contribution in [-0.4, -0.2) is 87.9 Å². The molecule has 0 aliphatic carbocycles. The highest BCUT2D eigenvalue weighted by molar-refractivity contribution is 5.66. The summed E-state index contributed by atoms with van der Waals surface area (Å²) in [4.78, 5) is 18.7. The van der Waals surface area contributed by atoms with Gasteiger partial charge in [-0.2, -0.15) is 5.10 Å². The smallest absolute Gasteiger partial charge is 0.303 e. The van der Waals surface area contributed by atoms with Crippen molar-refractivity contribution in [1.82, 2.24) is 24.5 Å². The van der Waals surface area contributed by atoms with Crippen LogP contribution in [0.25, 0.3) is 0 Å². The van der Waals surface area contributed by atoms with Gasteiger partial charge < -0.3 is 10.0 Å². The van der Waals surface area contributed by atoms with Gasteiger partial charge in [-0.25, -0.2) is 0 Å². The minimum absolute atomic E-state index is 0.274. The van der Waals surface area contributed by atoms with E-state index in [9.17, 15) is 9.90 Å². The summed E-state index contributed by atoms with van der Waals surface area (Å²) in [5, 5.41) is 13.8. The van der Waals surface area contributed by atoms with Crippen molar-refractivity contribution in [1.29, 1.82) is 0 Å². The maximum Gasteiger partial charge on any atom is 0.303 e. The Bertz CT molecular complexity index is 639. The predicted molar refractivity (Wildman–Crippen MR) is 110 cm³/mol. The van der Waals surface area contributed by atoms with E-state index in [2.05, 4.69) is 45.4 Å². The van der Waals surface area contributed by atoms with Gasteiger partial charge in [0.2, 0.25) is 0 Å². The lowest BCUT2D eigenvalue weighted by atomic mass is 9.86. The predicted octanol–water partition coefficient (Wildman–Crippen LogP) is 1.90. The first-order valence-electron chi connectivity index (χ1n) is 10.9. The summed E-state index contributed by atoms with van der Waals surface area (Å²) >= 11 is 0. The molecule has 28 heavy (non-hydrogen) atoms. The molecule has 7 nitrogen and oxygen atoms in total. The highest BCUT2D eigenvalue weighted by Crippen LogP contribution is 2.28. The number of carboxylic acids is 1. The molecule has 1 aromatic rings. The topological polar surface area (TPSA) is 64.8 Å². The van der Waals surface area contributed by atoms with E-state index in [1.165, 1.54) is 11.3 Å². The van der Waals surface area contributed by atoms with Gasteiger partial charge in [0.25, 0.3) is 0 Å². The molecule has 0 bridgehead atoms. The molecular formula is C21H37N5O2. The number of piperidine rings is 1. The number of rotatable bonds is 8. The quantitative estimate of drug-likeness (QED) is 0.730. The summed E-state index contributed by atoms with van der Waals surface area (Å²) in [7, 11) is 2.18. The van der Waals surface area contributed by atoms with Crippen molar-refractivity contribution in [2.75, 3.05) is 46.3 Å².